The highest BCUT2D eigenvalue weighted by molar-refractivity contribution is 4.76. The molecule has 0 radical (unpaired) electrons. The van der Waals surface area contributed by atoms with Crippen LogP contribution in [0.25, 0.3) is 10.4 Å². The number of azide groups is 1. The van der Waals surface area contributed by atoms with Crippen LogP contribution < -0.4 is 0 Å². The molecule has 0 amide bonds. The van der Waals surface area contributed by atoms with Crippen LogP contribution in [-0.4, -0.2) is 30.4 Å². The molecule has 3 atom stereocenters. The smallest absolute Gasteiger partial charge is 0.0891 e. The van der Waals surface area contributed by atoms with Crippen LogP contribution in [0.2, 0.25) is 0 Å². The fraction of sp³-hybridized carbons (Fsp3) is 1.00. The Balaban J connectivity index is 2.40. The van der Waals surface area contributed by atoms with Crippen molar-refractivity contribution in [1.29, 1.82) is 0 Å². The molecule has 1 saturated heterocycles. The first-order valence-corrected chi connectivity index (χ1v) is 3.00. The van der Waals surface area contributed by atoms with E-state index in [-0.39, 0.29) is 6.54 Å². The normalized spacial score (nSPS) is 40.5. The minimum absolute atomic E-state index is 0.104. The van der Waals surface area contributed by atoms with E-state index in [1.54, 1.807) is 0 Å². The lowest BCUT2D eigenvalue weighted by Gasteiger charge is -2.08. The van der Waals surface area contributed by atoms with E-state index in [2.05, 4.69) is 10.0 Å². The number of hydrogen-bond acceptors (Lipinski definition) is 3. The second kappa shape index (κ2) is 3.41. The number of rotatable bonds is 2. The highest BCUT2D eigenvalue weighted by Gasteiger charge is 2.24. The molecule has 0 unspecified atom stereocenters. The Bertz CT molecular complexity index is 183. The van der Waals surface area contributed by atoms with Gasteiger partial charge < -0.3 is 9.84 Å². The van der Waals surface area contributed by atoms with Crippen LogP contribution in [0.15, 0.2) is 5.11 Å². The molecular formula is C5H9N3O2. The molecule has 1 fully saturated rings. The Morgan fingerprint density at radius 3 is 3.30 bits per heavy atom. The molecule has 5 nitrogen and oxygen atoms in total. The highest BCUT2D eigenvalue weighted by Crippen LogP contribution is 2.12. The summed E-state index contributed by atoms with van der Waals surface area (Å²) in [6.45, 7) is -0.573. The van der Waals surface area contributed by atoms with E-state index in [9.17, 15) is 0 Å². The van der Waals surface area contributed by atoms with Crippen LogP contribution in [0.5, 0.6) is 0 Å². The largest absolute Gasteiger partial charge is 0.390 e. The van der Waals surface area contributed by atoms with Crippen LogP contribution in [0.3, 0.4) is 0 Å². The fourth-order valence-corrected chi connectivity index (χ4v) is 0.802. The molecule has 0 aromatic heterocycles. The number of ether oxygens (including phenoxy) is 1. The van der Waals surface area contributed by atoms with Gasteiger partial charge in [-0.05, 0) is 12.0 Å². The van der Waals surface area contributed by atoms with E-state index >= 15 is 0 Å². The van der Waals surface area contributed by atoms with Crippen molar-refractivity contribution >= 4 is 0 Å². The lowest BCUT2D eigenvalue weighted by molar-refractivity contribution is 0.0488. The maximum Gasteiger partial charge on any atom is 0.0891 e. The van der Waals surface area contributed by atoms with Gasteiger partial charge in [0.05, 0.1) is 20.1 Å². The van der Waals surface area contributed by atoms with E-state index in [4.69, 9.17) is 16.7 Å². The van der Waals surface area contributed by atoms with Gasteiger partial charge in [0.25, 0.3) is 0 Å². The van der Waals surface area contributed by atoms with Crippen molar-refractivity contribution < 1.29 is 11.2 Å². The molecular weight excluding hydrogens is 134 g/mol. The first-order chi connectivity index (χ1) is 5.24. The molecule has 0 saturated carbocycles. The summed E-state index contributed by atoms with van der Waals surface area (Å²) in [4.78, 5) is 2.53. The summed E-state index contributed by atoms with van der Waals surface area (Å²) in [6.07, 6.45) is -0.859. The Labute approximate surface area is 59.6 Å². The first kappa shape index (κ1) is 5.97. The van der Waals surface area contributed by atoms with Crippen LogP contribution in [0, 0.1) is 0 Å². The average molecular weight is 145 g/mol. The Hall–Kier alpha value is -0.770. The van der Waals surface area contributed by atoms with E-state index < -0.39 is 18.8 Å². The molecule has 0 bridgehead atoms. The molecule has 0 aliphatic carbocycles. The number of nitrogens with zero attached hydrogens (tertiary/aromatic N) is 3. The number of aliphatic hydroxyl groups is 1. The molecule has 1 heterocycles. The lowest BCUT2D eigenvalue weighted by Crippen LogP contribution is -2.23. The highest BCUT2D eigenvalue weighted by atomic mass is 16.5. The summed E-state index contributed by atoms with van der Waals surface area (Å²) >= 11 is 0. The van der Waals surface area contributed by atoms with Gasteiger partial charge in [0.1, 0.15) is 0 Å². The zero-order valence-electron chi connectivity index (χ0n) is 6.34. The second-order valence-corrected chi connectivity index (χ2v) is 2.06. The molecule has 0 spiro atoms. The molecule has 0 aromatic carbocycles. The van der Waals surface area contributed by atoms with Gasteiger partial charge in [-0.3, -0.25) is 0 Å². The van der Waals surface area contributed by atoms with Crippen molar-refractivity contribution in [2.24, 2.45) is 5.11 Å². The van der Waals surface area contributed by atoms with Crippen molar-refractivity contribution in [3.8, 4) is 0 Å². The molecule has 1 aliphatic heterocycles. The first-order valence-electron chi connectivity index (χ1n) is 3.58. The van der Waals surface area contributed by atoms with Gasteiger partial charge in [-0.25, -0.2) is 0 Å². The summed E-state index contributed by atoms with van der Waals surface area (Å²) < 4.78 is 12.0. The van der Waals surface area contributed by atoms with Crippen LogP contribution in [0.4, 0.5) is 0 Å². The zero-order valence-corrected chi connectivity index (χ0v) is 5.34. The summed E-state index contributed by atoms with van der Waals surface area (Å²) in [5.41, 5.74) is 7.95. The van der Waals surface area contributed by atoms with Crippen LogP contribution in [0.1, 0.15) is 7.79 Å². The third-order valence-corrected chi connectivity index (χ3v) is 1.36. The molecule has 1 rings (SSSR count). The predicted molar refractivity (Wildman–Crippen MR) is 34.4 cm³/mol. The summed E-state index contributed by atoms with van der Waals surface area (Å²) in [5.74, 6) is 0. The fourth-order valence-electron chi connectivity index (χ4n) is 0.802. The van der Waals surface area contributed by atoms with Gasteiger partial charge in [-0.15, -0.1) is 0 Å². The van der Waals surface area contributed by atoms with Crippen molar-refractivity contribution in [2.75, 3.05) is 13.1 Å². The summed E-state index contributed by atoms with van der Waals surface area (Å²) in [5, 5.41) is 12.4. The van der Waals surface area contributed by atoms with Crippen molar-refractivity contribution in [2.45, 2.75) is 18.6 Å². The van der Waals surface area contributed by atoms with Crippen LogP contribution >= 0.6 is 0 Å². The second-order valence-electron chi connectivity index (χ2n) is 2.06. The summed E-state index contributed by atoms with van der Waals surface area (Å²) in [6, 6.07) is 0. The summed E-state index contributed by atoms with van der Waals surface area (Å²) in [7, 11) is 0. The van der Waals surface area contributed by atoms with Gasteiger partial charge in [-0.1, -0.05) is 5.11 Å². The maximum atomic E-state index is 9.16. The standard InChI is InChI=1S/C5H9N3O2/c6-8-7-3-5-4(9)1-2-10-5/h4-5,9H,1-3H2/t4-,5-/m1/s1/i2T/t2-,4+,5+/m0. The minimum Gasteiger partial charge on any atom is -0.390 e. The lowest BCUT2D eigenvalue weighted by atomic mass is 10.2. The topological polar surface area (TPSA) is 78.2 Å². The minimum atomic E-state index is -0.677. The Kier molecular flexibility index (Phi) is 2.04. The van der Waals surface area contributed by atoms with Crippen LogP contribution in [-0.2, 0) is 4.74 Å². The Morgan fingerprint density at radius 1 is 2.00 bits per heavy atom. The Morgan fingerprint density at radius 2 is 2.80 bits per heavy atom. The van der Waals surface area contributed by atoms with Crippen molar-refractivity contribution in [3.05, 3.63) is 10.4 Å². The molecule has 1 N–H and O–H groups in total. The van der Waals surface area contributed by atoms with Gasteiger partial charge in [0.2, 0.25) is 0 Å². The monoisotopic (exact) mass is 145 g/mol. The maximum absolute atomic E-state index is 9.16. The zero-order chi connectivity index (χ0) is 8.27. The third kappa shape index (κ3) is 1.60. The van der Waals surface area contributed by atoms with Crippen molar-refractivity contribution in [1.82, 2.24) is 0 Å². The SMILES string of the molecule is [3H][C@H]1C[C@@H](O)[C@@H](CN=[N+]=[N-])O1. The molecule has 56 valence electrons. The third-order valence-electron chi connectivity index (χ3n) is 1.36. The number of aliphatic hydroxyl groups excluding tert-OH is 1. The quantitative estimate of drug-likeness (QED) is 0.347. The molecule has 0 aromatic rings. The van der Waals surface area contributed by atoms with E-state index in [1.807, 2.05) is 0 Å². The molecule has 1 aliphatic rings. The van der Waals surface area contributed by atoms with E-state index in [0.29, 0.717) is 6.42 Å². The van der Waals surface area contributed by atoms with Gasteiger partial charge in [0.15, 0.2) is 0 Å². The number of hydrogen-bond donors (Lipinski definition) is 1. The molecule has 10 heavy (non-hydrogen) atoms. The van der Waals surface area contributed by atoms with E-state index in [1.165, 1.54) is 0 Å². The van der Waals surface area contributed by atoms with E-state index in [0.717, 1.165) is 0 Å². The van der Waals surface area contributed by atoms with Gasteiger partial charge in [0, 0.05) is 11.5 Å². The molecule has 5 heteroatoms. The van der Waals surface area contributed by atoms with Gasteiger partial charge in [-0.2, -0.15) is 0 Å². The average Bonchev–Trinajstić information content (AvgIpc) is 2.26. The predicted octanol–water partition coefficient (Wildman–Crippen LogP) is 0.447. The van der Waals surface area contributed by atoms with Crippen molar-refractivity contribution in [3.63, 3.8) is 0 Å². The van der Waals surface area contributed by atoms with Gasteiger partial charge >= 0.3 is 0 Å².